The van der Waals surface area contributed by atoms with Crippen LogP contribution < -0.4 is 0 Å². The summed E-state index contributed by atoms with van der Waals surface area (Å²) in [6.45, 7) is 0. The average Bonchev–Trinajstić information content (AvgIpc) is 2.36. The van der Waals surface area contributed by atoms with Crippen molar-refractivity contribution in [1.29, 1.82) is 0 Å². The van der Waals surface area contributed by atoms with Gasteiger partial charge in [0.15, 0.2) is 5.78 Å². The highest BCUT2D eigenvalue weighted by Crippen LogP contribution is 2.30. The molecule has 1 heterocycles. The Morgan fingerprint density at radius 1 is 1.20 bits per heavy atom. The number of pyridine rings is 1. The van der Waals surface area contributed by atoms with E-state index in [-0.39, 0.29) is 5.56 Å². The molecular formula is C13H6BrClF3NO. The van der Waals surface area contributed by atoms with Crippen LogP contribution in [0.5, 0.6) is 0 Å². The molecule has 2 nitrogen and oxygen atoms in total. The molecular weight excluding hydrogens is 358 g/mol. The van der Waals surface area contributed by atoms with Crippen molar-refractivity contribution in [2.24, 2.45) is 0 Å². The van der Waals surface area contributed by atoms with E-state index in [4.69, 9.17) is 11.6 Å². The van der Waals surface area contributed by atoms with Gasteiger partial charge in [0.1, 0.15) is 10.8 Å². The van der Waals surface area contributed by atoms with Crippen molar-refractivity contribution in [3.05, 3.63) is 62.8 Å². The Morgan fingerprint density at radius 3 is 2.45 bits per heavy atom. The van der Waals surface area contributed by atoms with Gasteiger partial charge in [-0.25, -0.2) is 4.98 Å². The smallest absolute Gasteiger partial charge is 0.288 e. The molecule has 0 saturated carbocycles. The van der Waals surface area contributed by atoms with Crippen LogP contribution in [-0.2, 0) is 6.18 Å². The van der Waals surface area contributed by atoms with E-state index >= 15 is 0 Å². The number of hydrogen-bond donors (Lipinski definition) is 0. The molecule has 0 radical (unpaired) electrons. The quantitative estimate of drug-likeness (QED) is 0.569. The van der Waals surface area contributed by atoms with E-state index in [2.05, 4.69) is 20.9 Å². The summed E-state index contributed by atoms with van der Waals surface area (Å²) in [5.74, 6) is -0.488. The lowest BCUT2D eigenvalue weighted by Crippen LogP contribution is -2.10. The number of carbonyl (C=O) groups excluding carboxylic acids is 1. The Bertz CT molecular complexity index is 673. The molecule has 0 spiro atoms. The minimum atomic E-state index is -4.60. The SMILES string of the molecule is O=C(c1cccc(Br)c1)c1ccc(C(F)(F)F)nc1Cl. The summed E-state index contributed by atoms with van der Waals surface area (Å²) < 4.78 is 38.1. The van der Waals surface area contributed by atoms with Crippen LogP contribution in [0.1, 0.15) is 21.6 Å². The van der Waals surface area contributed by atoms with E-state index in [1.165, 1.54) is 0 Å². The van der Waals surface area contributed by atoms with Gasteiger partial charge in [-0.1, -0.05) is 39.7 Å². The van der Waals surface area contributed by atoms with Gasteiger partial charge in [-0.2, -0.15) is 13.2 Å². The molecule has 0 amide bonds. The van der Waals surface area contributed by atoms with Crippen molar-refractivity contribution in [2.45, 2.75) is 6.18 Å². The van der Waals surface area contributed by atoms with E-state index in [0.717, 1.165) is 12.1 Å². The summed E-state index contributed by atoms with van der Waals surface area (Å²) in [5, 5.41) is -0.468. The minimum Gasteiger partial charge on any atom is -0.288 e. The van der Waals surface area contributed by atoms with Crippen molar-refractivity contribution in [3.8, 4) is 0 Å². The van der Waals surface area contributed by atoms with Crippen molar-refractivity contribution < 1.29 is 18.0 Å². The first-order chi connectivity index (χ1) is 9.29. The Balaban J connectivity index is 2.41. The summed E-state index contributed by atoms with van der Waals surface area (Å²) in [5.41, 5.74) is -0.895. The number of carbonyl (C=O) groups is 1. The average molecular weight is 365 g/mol. The molecule has 0 fully saturated rings. The lowest BCUT2D eigenvalue weighted by Gasteiger charge is -2.08. The van der Waals surface area contributed by atoms with Gasteiger partial charge in [-0.15, -0.1) is 0 Å². The standard InChI is InChI=1S/C13H6BrClF3NO/c14-8-3-1-2-7(6-8)11(20)9-4-5-10(13(16,17)18)19-12(9)15/h1-6H. The van der Waals surface area contributed by atoms with E-state index in [0.29, 0.717) is 10.0 Å². The van der Waals surface area contributed by atoms with Crippen LogP contribution in [0.2, 0.25) is 5.15 Å². The molecule has 0 aliphatic rings. The van der Waals surface area contributed by atoms with Crippen LogP contribution in [0, 0.1) is 0 Å². The van der Waals surface area contributed by atoms with Crippen LogP contribution in [-0.4, -0.2) is 10.8 Å². The number of halogens is 5. The lowest BCUT2D eigenvalue weighted by atomic mass is 10.0. The van der Waals surface area contributed by atoms with E-state index in [9.17, 15) is 18.0 Å². The molecule has 0 N–H and O–H groups in total. The van der Waals surface area contributed by atoms with E-state index < -0.39 is 22.8 Å². The first kappa shape index (κ1) is 15.0. The second-order valence-corrected chi connectivity index (χ2v) is 5.15. The molecule has 0 atom stereocenters. The van der Waals surface area contributed by atoms with Crippen molar-refractivity contribution in [3.63, 3.8) is 0 Å². The van der Waals surface area contributed by atoms with Crippen LogP contribution in [0.15, 0.2) is 40.9 Å². The number of benzene rings is 1. The molecule has 104 valence electrons. The van der Waals surface area contributed by atoms with Gasteiger partial charge < -0.3 is 0 Å². The van der Waals surface area contributed by atoms with Gasteiger partial charge in [0.05, 0.1) is 5.56 Å². The van der Waals surface area contributed by atoms with Crippen molar-refractivity contribution in [1.82, 2.24) is 4.98 Å². The maximum atomic E-state index is 12.5. The molecule has 0 saturated heterocycles. The van der Waals surface area contributed by atoms with Gasteiger partial charge in [-0.05, 0) is 24.3 Å². The third-order valence-corrected chi connectivity index (χ3v) is 3.25. The van der Waals surface area contributed by atoms with Crippen LogP contribution in [0.3, 0.4) is 0 Å². The van der Waals surface area contributed by atoms with Crippen molar-refractivity contribution >= 4 is 33.3 Å². The summed E-state index contributed by atoms with van der Waals surface area (Å²) in [6.07, 6.45) is -4.60. The number of hydrogen-bond acceptors (Lipinski definition) is 2. The molecule has 2 rings (SSSR count). The molecule has 2 aromatic rings. The molecule has 7 heteroatoms. The maximum absolute atomic E-state index is 12.5. The van der Waals surface area contributed by atoms with Crippen LogP contribution >= 0.6 is 27.5 Å². The highest BCUT2D eigenvalue weighted by Gasteiger charge is 2.33. The summed E-state index contributed by atoms with van der Waals surface area (Å²) >= 11 is 8.89. The molecule has 1 aromatic carbocycles. The van der Waals surface area contributed by atoms with Crippen LogP contribution in [0.4, 0.5) is 13.2 Å². The third kappa shape index (κ3) is 3.19. The second kappa shape index (κ2) is 5.54. The fourth-order valence-corrected chi connectivity index (χ4v) is 2.19. The topological polar surface area (TPSA) is 30.0 Å². The third-order valence-electron chi connectivity index (χ3n) is 2.47. The van der Waals surface area contributed by atoms with Crippen LogP contribution in [0.25, 0.3) is 0 Å². The summed E-state index contributed by atoms with van der Waals surface area (Å²) in [6, 6.07) is 8.22. The van der Waals surface area contributed by atoms with Crippen molar-refractivity contribution in [2.75, 3.05) is 0 Å². The lowest BCUT2D eigenvalue weighted by molar-refractivity contribution is -0.141. The highest BCUT2D eigenvalue weighted by atomic mass is 79.9. The second-order valence-electron chi connectivity index (χ2n) is 3.87. The van der Waals surface area contributed by atoms with Gasteiger partial charge in [0.25, 0.3) is 0 Å². The zero-order valence-electron chi connectivity index (χ0n) is 9.71. The number of aromatic nitrogens is 1. The number of ketones is 1. The van der Waals surface area contributed by atoms with Gasteiger partial charge in [0.2, 0.25) is 0 Å². The number of rotatable bonds is 2. The van der Waals surface area contributed by atoms with Gasteiger partial charge in [0, 0.05) is 10.0 Å². The number of nitrogens with zero attached hydrogens (tertiary/aromatic N) is 1. The fraction of sp³-hybridized carbons (Fsp3) is 0.0769. The Morgan fingerprint density at radius 2 is 1.90 bits per heavy atom. The Hall–Kier alpha value is -1.40. The Labute approximate surface area is 125 Å². The fourth-order valence-electron chi connectivity index (χ4n) is 1.55. The zero-order valence-corrected chi connectivity index (χ0v) is 12.1. The van der Waals surface area contributed by atoms with Gasteiger partial charge in [-0.3, -0.25) is 4.79 Å². The molecule has 0 aliphatic carbocycles. The maximum Gasteiger partial charge on any atom is 0.433 e. The van der Waals surface area contributed by atoms with Gasteiger partial charge >= 0.3 is 6.18 Å². The zero-order chi connectivity index (χ0) is 14.9. The first-order valence-electron chi connectivity index (χ1n) is 5.33. The van der Waals surface area contributed by atoms with E-state index in [1.807, 2.05) is 0 Å². The predicted molar refractivity (Wildman–Crippen MR) is 71.8 cm³/mol. The predicted octanol–water partition coefficient (Wildman–Crippen LogP) is 4.75. The normalized spacial score (nSPS) is 11.4. The monoisotopic (exact) mass is 363 g/mol. The largest absolute Gasteiger partial charge is 0.433 e. The molecule has 0 unspecified atom stereocenters. The summed E-state index contributed by atoms with van der Waals surface area (Å²) in [4.78, 5) is 15.4. The highest BCUT2D eigenvalue weighted by molar-refractivity contribution is 9.10. The Kier molecular flexibility index (Phi) is 4.15. The molecule has 0 aliphatic heterocycles. The molecule has 0 bridgehead atoms. The number of alkyl halides is 3. The molecule has 1 aromatic heterocycles. The van der Waals surface area contributed by atoms with E-state index in [1.54, 1.807) is 24.3 Å². The summed E-state index contributed by atoms with van der Waals surface area (Å²) in [7, 11) is 0. The first-order valence-corrected chi connectivity index (χ1v) is 6.50. The molecule has 20 heavy (non-hydrogen) atoms. The minimum absolute atomic E-state index is 0.0715.